The van der Waals surface area contributed by atoms with E-state index in [1.807, 2.05) is 0 Å². The normalized spacial score (nSPS) is 11.8. The fourth-order valence-corrected chi connectivity index (χ4v) is 1.89. The lowest BCUT2D eigenvalue weighted by atomic mass is 10.3. The van der Waals surface area contributed by atoms with Gasteiger partial charge in [-0.15, -0.1) is 0 Å². The molecule has 2 aromatic carbocycles. The van der Waals surface area contributed by atoms with Gasteiger partial charge < -0.3 is 10.1 Å². The van der Waals surface area contributed by atoms with Crippen LogP contribution in [0.15, 0.2) is 42.5 Å². The average molecular weight is 328 g/mol. The fraction of sp³-hybridized carbons (Fsp3) is 0.133. The lowest BCUT2D eigenvalue weighted by molar-refractivity contribution is -0.122. The number of carbonyl (C=O) groups excluding carboxylic acids is 1. The summed E-state index contributed by atoms with van der Waals surface area (Å²) in [5.74, 6) is -0.304. The Kier molecular flexibility index (Phi) is 5.04. The molecule has 3 nitrogen and oxygen atoms in total. The number of hydrogen-bond donors (Lipinski definition) is 1. The number of nitrogens with one attached hydrogen (secondary N) is 1. The van der Waals surface area contributed by atoms with Crippen molar-refractivity contribution in [3.63, 3.8) is 0 Å². The van der Waals surface area contributed by atoms with Gasteiger partial charge >= 0.3 is 0 Å². The second-order valence-electron chi connectivity index (χ2n) is 4.33. The van der Waals surface area contributed by atoms with E-state index < -0.39 is 6.10 Å². The van der Waals surface area contributed by atoms with Crippen LogP contribution in [0, 0.1) is 5.82 Å². The van der Waals surface area contributed by atoms with E-state index in [1.54, 1.807) is 25.1 Å². The largest absolute Gasteiger partial charge is 0.481 e. The molecule has 0 bridgehead atoms. The van der Waals surface area contributed by atoms with Crippen LogP contribution in [0.1, 0.15) is 6.92 Å². The molecule has 2 aromatic rings. The molecule has 0 saturated heterocycles. The van der Waals surface area contributed by atoms with E-state index in [-0.39, 0.29) is 11.7 Å². The number of hydrogen-bond acceptors (Lipinski definition) is 2. The number of halogens is 3. The lowest BCUT2D eigenvalue weighted by Crippen LogP contribution is -2.30. The fourth-order valence-electron chi connectivity index (χ4n) is 1.59. The highest BCUT2D eigenvalue weighted by Crippen LogP contribution is 2.25. The molecular formula is C15H12Cl2FNO2. The maximum atomic E-state index is 12.8. The Morgan fingerprint density at radius 3 is 2.43 bits per heavy atom. The van der Waals surface area contributed by atoms with Crippen molar-refractivity contribution in [2.75, 3.05) is 5.32 Å². The minimum Gasteiger partial charge on any atom is -0.481 e. The maximum absolute atomic E-state index is 12.8. The van der Waals surface area contributed by atoms with E-state index in [0.29, 0.717) is 21.5 Å². The second kappa shape index (κ2) is 6.78. The van der Waals surface area contributed by atoms with Gasteiger partial charge in [0.2, 0.25) is 0 Å². The van der Waals surface area contributed by atoms with Gasteiger partial charge in [0.15, 0.2) is 6.10 Å². The van der Waals surface area contributed by atoms with Gasteiger partial charge in [-0.3, -0.25) is 4.79 Å². The number of rotatable bonds is 4. The van der Waals surface area contributed by atoms with Gasteiger partial charge in [0, 0.05) is 5.69 Å². The molecular weight excluding hydrogens is 316 g/mol. The zero-order valence-electron chi connectivity index (χ0n) is 11.1. The Morgan fingerprint density at radius 1 is 1.14 bits per heavy atom. The summed E-state index contributed by atoms with van der Waals surface area (Å²) in [6, 6.07) is 10.2. The molecule has 0 aliphatic carbocycles. The molecule has 2 rings (SSSR count). The monoisotopic (exact) mass is 327 g/mol. The van der Waals surface area contributed by atoms with E-state index in [1.165, 1.54) is 24.3 Å². The van der Waals surface area contributed by atoms with E-state index in [9.17, 15) is 9.18 Å². The molecule has 110 valence electrons. The van der Waals surface area contributed by atoms with Crippen LogP contribution >= 0.6 is 23.2 Å². The van der Waals surface area contributed by atoms with Crippen molar-refractivity contribution in [3.8, 4) is 5.75 Å². The third-order valence-electron chi connectivity index (χ3n) is 2.68. The molecule has 6 heteroatoms. The van der Waals surface area contributed by atoms with Gasteiger partial charge in [-0.1, -0.05) is 23.2 Å². The van der Waals surface area contributed by atoms with Gasteiger partial charge in [0.25, 0.3) is 5.91 Å². The highest BCUT2D eigenvalue weighted by molar-refractivity contribution is 6.42. The van der Waals surface area contributed by atoms with Gasteiger partial charge in [-0.2, -0.15) is 0 Å². The summed E-state index contributed by atoms with van der Waals surface area (Å²) in [6.45, 7) is 1.59. The molecule has 1 N–H and O–H groups in total. The highest BCUT2D eigenvalue weighted by atomic mass is 35.5. The summed E-state index contributed by atoms with van der Waals surface area (Å²) in [5.41, 5.74) is 0.518. The molecule has 0 saturated carbocycles. The van der Waals surface area contributed by atoms with Crippen molar-refractivity contribution in [1.82, 2.24) is 0 Å². The van der Waals surface area contributed by atoms with Gasteiger partial charge in [0.05, 0.1) is 10.0 Å². The smallest absolute Gasteiger partial charge is 0.265 e. The molecule has 0 aromatic heterocycles. The molecule has 1 atom stereocenters. The van der Waals surface area contributed by atoms with Crippen molar-refractivity contribution in [2.24, 2.45) is 0 Å². The zero-order valence-corrected chi connectivity index (χ0v) is 12.6. The molecule has 0 unspecified atom stereocenters. The van der Waals surface area contributed by atoms with Crippen molar-refractivity contribution in [1.29, 1.82) is 0 Å². The highest BCUT2D eigenvalue weighted by Gasteiger charge is 2.15. The Labute approximate surface area is 131 Å². The lowest BCUT2D eigenvalue weighted by Gasteiger charge is -2.15. The van der Waals surface area contributed by atoms with E-state index in [0.717, 1.165) is 0 Å². The van der Waals surface area contributed by atoms with Crippen LogP contribution in [0.3, 0.4) is 0 Å². The number of ether oxygens (including phenoxy) is 1. The van der Waals surface area contributed by atoms with Crippen LogP contribution in [-0.4, -0.2) is 12.0 Å². The first-order valence-corrected chi connectivity index (χ1v) is 6.89. The number of anilines is 1. The zero-order chi connectivity index (χ0) is 15.4. The van der Waals surface area contributed by atoms with Crippen molar-refractivity contribution in [2.45, 2.75) is 13.0 Å². The third kappa shape index (κ3) is 4.34. The van der Waals surface area contributed by atoms with E-state index in [4.69, 9.17) is 27.9 Å². The van der Waals surface area contributed by atoms with Crippen LogP contribution in [0.25, 0.3) is 0 Å². The van der Waals surface area contributed by atoms with Crippen molar-refractivity contribution < 1.29 is 13.9 Å². The Bertz CT molecular complexity index is 647. The maximum Gasteiger partial charge on any atom is 0.265 e. The standard InChI is InChI=1S/C15H12Cl2FNO2/c1-9(21-12-5-2-10(18)3-6-12)15(20)19-11-4-7-13(16)14(17)8-11/h2-9H,1H3,(H,19,20)/t9-/m1/s1. The van der Waals surface area contributed by atoms with Crippen molar-refractivity contribution >= 4 is 34.8 Å². The molecule has 21 heavy (non-hydrogen) atoms. The predicted octanol–water partition coefficient (Wildman–Crippen LogP) is 4.54. The number of amides is 1. The Balaban J connectivity index is 1.98. The Hall–Kier alpha value is -1.78. The number of carbonyl (C=O) groups is 1. The SMILES string of the molecule is C[C@@H](Oc1ccc(F)cc1)C(=O)Nc1ccc(Cl)c(Cl)c1. The summed E-state index contributed by atoms with van der Waals surface area (Å²) in [5, 5.41) is 3.42. The summed E-state index contributed by atoms with van der Waals surface area (Å²) in [4.78, 5) is 12.0. The first kappa shape index (κ1) is 15.6. The predicted molar refractivity (Wildman–Crippen MR) is 81.6 cm³/mol. The summed E-state index contributed by atoms with van der Waals surface area (Å²) in [6.07, 6.45) is -0.745. The van der Waals surface area contributed by atoms with Crippen LogP contribution in [0.4, 0.5) is 10.1 Å². The number of benzene rings is 2. The topological polar surface area (TPSA) is 38.3 Å². The van der Waals surface area contributed by atoms with E-state index >= 15 is 0 Å². The quantitative estimate of drug-likeness (QED) is 0.895. The van der Waals surface area contributed by atoms with Crippen LogP contribution in [0.5, 0.6) is 5.75 Å². The molecule has 1 amide bonds. The minimum absolute atomic E-state index is 0.349. The first-order chi connectivity index (χ1) is 9.95. The minimum atomic E-state index is -0.745. The molecule has 0 aliphatic rings. The summed E-state index contributed by atoms with van der Waals surface area (Å²) in [7, 11) is 0. The Morgan fingerprint density at radius 2 is 1.81 bits per heavy atom. The summed E-state index contributed by atoms with van der Waals surface area (Å²) < 4.78 is 18.2. The van der Waals surface area contributed by atoms with Gasteiger partial charge in [-0.05, 0) is 49.4 Å². The first-order valence-electron chi connectivity index (χ1n) is 6.14. The van der Waals surface area contributed by atoms with Gasteiger partial charge in [-0.25, -0.2) is 4.39 Å². The summed E-state index contributed by atoms with van der Waals surface area (Å²) >= 11 is 11.7. The van der Waals surface area contributed by atoms with Crippen LogP contribution in [-0.2, 0) is 4.79 Å². The van der Waals surface area contributed by atoms with Crippen LogP contribution < -0.4 is 10.1 Å². The molecule has 0 radical (unpaired) electrons. The second-order valence-corrected chi connectivity index (χ2v) is 5.15. The molecule has 0 heterocycles. The van der Waals surface area contributed by atoms with Crippen LogP contribution in [0.2, 0.25) is 10.0 Å². The van der Waals surface area contributed by atoms with Crippen molar-refractivity contribution in [3.05, 3.63) is 58.3 Å². The molecule has 0 fully saturated rings. The van der Waals surface area contributed by atoms with E-state index in [2.05, 4.69) is 5.32 Å². The molecule has 0 aliphatic heterocycles. The van der Waals surface area contributed by atoms with Gasteiger partial charge in [0.1, 0.15) is 11.6 Å². The molecule has 0 spiro atoms. The average Bonchev–Trinajstić information content (AvgIpc) is 2.45. The third-order valence-corrected chi connectivity index (χ3v) is 3.42.